The summed E-state index contributed by atoms with van der Waals surface area (Å²) in [6.07, 6.45) is 0. The SMILES string of the molecule is Cc1ccc(Nc2[nH]c(=O)c3ccccc3c2C(=O)c2ccc(Br)cc2)cc1. The first kappa shape index (κ1) is 18.2. The van der Waals surface area contributed by atoms with Crippen LogP contribution in [0.2, 0.25) is 0 Å². The van der Waals surface area contributed by atoms with Crippen LogP contribution in [0.5, 0.6) is 0 Å². The number of rotatable bonds is 4. The monoisotopic (exact) mass is 432 g/mol. The molecule has 0 fully saturated rings. The molecular formula is C23H17BrN2O2. The predicted octanol–water partition coefficient (Wildman–Crippen LogP) is 5.57. The lowest BCUT2D eigenvalue weighted by molar-refractivity contribution is 0.104. The molecule has 0 amide bonds. The van der Waals surface area contributed by atoms with Crippen LogP contribution in [0.15, 0.2) is 82.1 Å². The third kappa shape index (κ3) is 3.49. The van der Waals surface area contributed by atoms with E-state index in [0.29, 0.717) is 27.7 Å². The molecule has 0 saturated carbocycles. The Kier molecular flexibility index (Phi) is 4.84. The first-order valence-electron chi connectivity index (χ1n) is 8.82. The normalized spacial score (nSPS) is 10.8. The highest BCUT2D eigenvalue weighted by atomic mass is 79.9. The number of ketones is 1. The number of benzene rings is 3. The standard InChI is InChI=1S/C23H17BrN2O2/c1-14-6-12-17(13-7-14)25-22-20(21(27)15-8-10-16(24)11-9-15)18-4-2-3-5-19(18)23(28)26-22/h2-13H,1H3,(H2,25,26,28). The zero-order valence-corrected chi connectivity index (χ0v) is 16.7. The van der Waals surface area contributed by atoms with Crippen LogP contribution in [-0.2, 0) is 0 Å². The largest absolute Gasteiger partial charge is 0.341 e. The number of carbonyl (C=O) groups is 1. The number of fused-ring (bicyclic) bond motifs is 1. The Morgan fingerprint density at radius 2 is 1.54 bits per heavy atom. The van der Waals surface area contributed by atoms with Crippen molar-refractivity contribution in [1.82, 2.24) is 4.98 Å². The van der Waals surface area contributed by atoms with Crippen LogP contribution < -0.4 is 10.9 Å². The molecule has 0 bridgehead atoms. The van der Waals surface area contributed by atoms with Crippen LogP contribution in [0.4, 0.5) is 11.5 Å². The van der Waals surface area contributed by atoms with Gasteiger partial charge in [-0.2, -0.15) is 0 Å². The minimum absolute atomic E-state index is 0.158. The molecule has 0 aliphatic heterocycles. The van der Waals surface area contributed by atoms with Gasteiger partial charge >= 0.3 is 0 Å². The minimum atomic E-state index is -0.238. The van der Waals surface area contributed by atoms with Crippen molar-refractivity contribution in [1.29, 1.82) is 0 Å². The summed E-state index contributed by atoms with van der Waals surface area (Å²) in [5, 5.41) is 4.31. The first-order chi connectivity index (χ1) is 13.5. The molecule has 0 spiro atoms. The van der Waals surface area contributed by atoms with Crippen LogP contribution in [0.25, 0.3) is 10.8 Å². The fraction of sp³-hybridized carbons (Fsp3) is 0.0435. The summed E-state index contributed by atoms with van der Waals surface area (Å²) in [6, 6.07) is 22.1. The molecule has 0 atom stereocenters. The van der Waals surface area contributed by atoms with E-state index in [0.717, 1.165) is 15.7 Å². The quantitative estimate of drug-likeness (QED) is 0.414. The van der Waals surface area contributed by atoms with Gasteiger partial charge in [-0.3, -0.25) is 9.59 Å². The molecule has 4 nitrogen and oxygen atoms in total. The van der Waals surface area contributed by atoms with Crippen LogP contribution in [0.1, 0.15) is 21.5 Å². The smallest absolute Gasteiger partial charge is 0.257 e. The molecule has 0 unspecified atom stereocenters. The van der Waals surface area contributed by atoms with E-state index in [9.17, 15) is 9.59 Å². The van der Waals surface area contributed by atoms with E-state index in [2.05, 4.69) is 26.2 Å². The summed E-state index contributed by atoms with van der Waals surface area (Å²) in [5.74, 6) is 0.232. The summed E-state index contributed by atoms with van der Waals surface area (Å²) < 4.78 is 0.897. The van der Waals surface area contributed by atoms with Crippen molar-refractivity contribution in [3.8, 4) is 0 Å². The molecule has 1 aromatic heterocycles. The molecule has 0 aliphatic rings. The molecule has 5 heteroatoms. The molecular weight excluding hydrogens is 416 g/mol. The van der Waals surface area contributed by atoms with Crippen LogP contribution in [0.3, 0.4) is 0 Å². The van der Waals surface area contributed by atoms with Crippen LogP contribution >= 0.6 is 15.9 Å². The third-order valence-electron chi connectivity index (χ3n) is 4.58. The number of hydrogen-bond donors (Lipinski definition) is 2. The fourth-order valence-electron chi connectivity index (χ4n) is 3.13. The van der Waals surface area contributed by atoms with Gasteiger partial charge in [-0.05, 0) is 49.4 Å². The molecule has 4 aromatic rings. The molecule has 3 aromatic carbocycles. The molecule has 4 rings (SSSR count). The number of halogens is 1. The Labute approximate surface area is 170 Å². The highest BCUT2D eigenvalue weighted by Crippen LogP contribution is 2.27. The van der Waals surface area contributed by atoms with E-state index in [4.69, 9.17) is 0 Å². The lowest BCUT2D eigenvalue weighted by Gasteiger charge is -2.14. The molecule has 1 heterocycles. The van der Waals surface area contributed by atoms with Crippen molar-refractivity contribution in [3.05, 3.63) is 104 Å². The second-order valence-corrected chi connectivity index (χ2v) is 7.49. The summed E-state index contributed by atoms with van der Waals surface area (Å²) in [4.78, 5) is 28.8. The van der Waals surface area contributed by atoms with Crippen molar-refractivity contribution in [2.45, 2.75) is 6.92 Å². The highest BCUT2D eigenvalue weighted by Gasteiger charge is 2.20. The van der Waals surface area contributed by atoms with E-state index < -0.39 is 0 Å². The first-order valence-corrected chi connectivity index (χ1v) is 9.61. The van der Waals surface area contributed by atoms with Crippen molar-refractivity contribution in [2.24, 2.45) is 0 Å². The van der Waals surface area contributed by atoms with Crippen molar-refractivity contribution >= 4 is 44.0 Å². The summed E-state index contributed by atoms with van der Waals surface area (Å²) in [5.41, 5.74) is 2.67. The number of carbonyl (C=O) groups excluding carboxylic acids is 1. The summed E-state index contributed by atoms with van der Waals surface area (Å²) in [6.45, 7) is 2.00. The average Bonchev–Trinajstić information content (AvgIpc) is 2.70. The van der Waals surface area contributed by atoms with Crippen molar-refractivity contribution < 1.29 is 4.79 Å². The van der Waals surface area contributed by atoms with Gasteiger partial charge in [0.05, 0.1) is 5.56 Å². The number of aromatic amines is 1. The van der Waals surface area contributed by atoms with E-state index in [1.807, 2.05) is 49.4 Å². The number of aromatic nitrogens is 1. The molecule has 2 N–H and O–H groups in total. The average molecular weight is 433 g/mol. The lowest BCUT2D eigenvalue weighted by Crippen LogP contribution is -2.16. The minimum Gasteiger partial charge on any atom is -0.341 e. The molecule has 0 saturated heterocycles. The topological polar surface area (TPSA) is 62.0 Å². The fourth-order valence-corrected chi connectivity index (χ4v) is 3.40. The number of aryl methyl sites for hydroxylation is 1. The van der Waals surface area contributed by atoms with Gasteiger partial charge in [-0.25, -0.2) is 0 Å². The van der Waals surface area contributed by atoms with E-state index >= 15 is 0 Å². The van der Waals surface area contributed by atoms with Crippen molar-refractivity contribution in [3.63, 3.8) is 0 Å². The molecule has 0 radical (unpaired) electrons. The van der Waals surface area contributed by atoms with Gasteiger partial charge in [0, 0.05) is 26.5 Å². The van der Waals surface area contributed by atoms with Gasteiger partial charge in [0.1, 0.15) is 5.82 Å². The van der Waals surface area contributed by atoms with Gasteiger partial charge in [0.2, 0.25) is 0 Å². The van der Waals surface area contributed by atoms with Gasteiger partial charge in [-0.1, -0.05) is 51.8 Å². The van der Waals surface area contributed by atoms with Crippen LogP contribution in [0, 0.1) is 6.92 Å². The summed E-state index contributed by atoms with van der Waals surface area (Å²) >= 11 is 3.39. The molecule has 0 aliphatic carbocycles. The maximum absolute atomic E-state index is 13.4. The van der Waals surface area contributed by atoms with E-state index in [-0.39, 0.29) is 11.3 Å². The van der Waals surface area contributed by atoms with Gasteiger partial charge in [-0.15, -0.1) is 0 Å². The van der Waals surface area contributed by atoms with Crippen molar-refractivity contribution in [2.75, 3.05) is 5.32 Å². The highest BCUT2D eigenvalue weighted by molar-refractivity contribution is 9.10. The van der Waals surface area contributed by atoms with Crippen LogP contribution in [-0.4, -0.2) is 10.8 Å². The number of pyridine rings is 1. The van der Waals surface area contributed by atoms with Gasteiger partial charge in [0.25, 0.3) is 5.56 Å². The van der Waals surface area contributed by atoms with E-state index in [1.54, 1.807) is 30.3 Å². The number of H-pyrrole nitrogens is 1. The third-order valence-corrected chi connectivity index (χ3v) is 5.11. The van der Waals surface area contributed by atoms with E-state index in [1.165, 1.54) is 0 Å². The number of anilines is 2. The second kappa shape index (κ2) is 7.44. The Morgan fingerprint density at radius 1 is 0.893 bits per heavy atom. The number of hydrogen-bond acceptors (Lipinski definition) is 3. The zero-order valence-electron chi connectivity index (χ0n) is 15.1. The Balaban J connectivity index is 1.92. The maximum Gasteiger partial charge on any atom is 0.257 e. The number of nitrogens with one attached hydrogen (secondary N) is 2. The Bertz CT molecular complexity index is 1230. The Morgan fingerprint density at radius 3 is 2.21 bits per heavy atom. The Hall–Kier alpha value is -3.18. The lowest BCUT2D eigenvalue weighted by atomic mass is 9.98. The van der Waals surface area contributed by atoms with Gasteiger partial charge < -0.3 is 10.3 Å². The second-order valence-electron chi connectivity index (χ2n) is 6.58. The van der Waals surface area contributed by atoms with Gasteiger partial charge in [0.15, 0.2) is 5.78 Å². The zero-order chi connectivity index (χ0) is 19.7. The predicted molar refractivity (Wildman–Crippen MR) is 117 cm³/mol. The molecule has 28 heavy (non-hydrogen) atoms. The molecule has 138 valence electrons. The summed E-state index contributed by atoms with van der Waals surface area (Å²) in [7, 11) is 0. The maximum atomic E-state index is 13.4.